The number of rotatable bonds is 8. The van der Waals surface area contributed by atoms with E-state index in [2.05, 4.69) is 15.6 Å². The molecule has 2 aromatic carbocycles. The first kappa shape index (κ1) is 25.8. The molecular formula is C26H27ClN4O4S. The van der Waals surface area contributed by atoms with E-state index in [0.29, 0.717) is 35.7 Å². The lowest BCUT2D eigenvalue weighted by Crippen LogP contribution is -2.48. The topological polar surface area (TPSA) is 108 Å². The normalized spacial score (nSPS) is 16.3. The molecule has 1 aliphatic rings. The Morgan fingerprint density at radius 2 is 1.81 bits per heavy atom. The van der Waals surface area contributed by atoms with Crippen molar-refractivity contribution < 1.29 is 18.0 Å². The Balaban J connectivity index is 1.55. The third-order valence-corrected chi connectivity index (χ3v) is 8.13. The van der Waals surface area contributed by atoms with Gasteiger partial charge in [0, 0.05) is 42.6 Å². The second-order valence-electron chi connectivity index (χ2n) is 8.55. The van der Waals surface area contributed by atoms with Crippen molar-refractivity contribution in [3.8, 4) is 0 Å². The molecule has 2 N–H and O–H groups in total. The van der Waals surface area contributed by atoms with Crippen LogP contribution in [0.25, 0.3) is 0 Å². The highest BCUT2D eigenvalue weighted by atomic mass is 35.5. The molecule has 8 nitrogen and oxygen atoms in total. The third-order valence-electron chi connectivity index (χ3n) is 6.00. The largest absolute Gasteiger partial charge is 0.355 e. The lowest BCUT2D eigenvalue weighted by atomic mass is 10.1. The predicted molar refractivity (Wildman–Crippen MR) is 137 cm³/mol. The van der Waals surface area contributed by atoms with Crippen molar-refractivity contribution in [2.75, 3.05) is 6.54 Å². The van der Waals surface area contributed by atoms with Crippen LogP contribution in [0.1, 0.15) is 40.7 Å². The van der Waals surface area contributed by atoms with E-state index in [0.717, 1.165) is 18.4 Å². The first-order valence-corrected chi connectivity index (χ1v) is 13.5. The molecule has 1 fully saturated rings. The van der Waals surface area contributed by atoms with Gasteiger partial charge in [-0.3, -0.25) is 14.6 Å². The first-order valence-electron chi connectivity index (χ1n) is 11.7. The van der Waals surface area contributed by atoms with Gasteiger partial charge in [-0.1, -0.05) is 29.8 Å². The summed E-state index contributed by atoms with van der Waals surface area (Å²) in [5, 5.41) is 6.08. The van der Waals surface area contributed by atoms with E-state index in [1.165, 1.54) is 28.6 Å². The number of hydrogen-bond acceptors (Lipinski definition) is 5. The van der Waals surface area contributed by atoms with Gasteiger partial charge in [0.2, 0.25) is 15.9 Å². The zero-order valence-electron chi connectivity index (χ0n) is 19.6. The number of hydrogen-bond donors (Lipinski definition) is 2. The van der Waals surface area contributed by atoms with Crippen LogP contribution in [-0.2, 0) is 27.9 Å². The number of nitrogens with zero attached hydrogens (tertiary/aromatic N) is 2. The fourth-order valence-corrected chi connectivity index (χ4v) is 5.76. The molecule has 0 unspecified atom stereocenters. The van der Waals surface area contributed by atoms with Gasteiger partial charge in [0.15, 0.2) is 0 Å². The Morgan fingerprint density at radius 3 is 2.50 bits per heavy atom. The van der Waals surface area contributed by atoms with Crippen molar-refractivity contribution >= 4 is 33.4 Å². The highest BCUT2D eigenvalue weighted by Gasteiger charge is 2.36. The quantitative estimate of drug-likeness (QED) is 0.467. The number of nitrogens with one attached hydrogen (secondary N) is 2. The molecule has 0 aliphatic carbocycles. The molecule has 10 heteroatoms. The van der Waals surface area contributed by atoms with Gasteiger partial charge in [-0.05, 0) is 72.9 Å². The summed E-state index contributed by atoms with van der Waals surface area (Å²) >= 11 is 5.95. The van der Waals surface area contributed by atoms with E-state index in [9.17, 15) is 18.0 Å². The minimum atomic E-state index is -4.00. The summed E-state index contributed by atoms with van der Waals surface area (Å²) in [7, 11) is -4.00. The number of benzene rings is 2. The Hall–Kier alpha value is -3.27. The van der Waals surface area contributed by atoms with Gasteiger partial charge in [-0.25, -0.2) is 8.42 Å². The summed E-state index contributed by atoms with van der Waals surface area (Å²) in [4.78, 5) is 29.5. The van der Waals surface area contributed by atoms with Crippen LogP contribution in [0.3, 0.4) is 0 Å². The molecule has 0 spiro atoms. The van der Waals surface area contributed by atoms with Gasteiger partial charge in [-0.15, -0.1) is 0 Å². The number of pyridine rings is 1. The van der Waals surface area contributed by atoms with E-state index in [1.807, 2.05) is 6.07 Å². The van der Waals surface area contributed by atoms with Crippen LogP contribution >= 0.6 is 11.6 Å². The van der Waals surface area contributed by atoms with Crippen molar-refractivity contribution in [1.82, 2.24) is 19.9 Å². The molecule has 188 valence electrons. The lowest BCUT2D eigenvalue weighted by Gasteiger charge is -2.29. The summed E-state index contributed by atoms with van der Waals surface area (Å²) in [6, 6.07) is 15.4. The fourth-order valence-electron chi connectivity index (χ4n) is 4.03. The molecule has 0 radical (unpaired) electrons. The summed E-state index contributed by atoms with van der Waals surface area (Å²) in [6.07, 6.45) is 5.29. The summed E-state index contributed by atoms with van der Waals surface area (Å²) < 4.78 is 28.5. The van der Waals surface area contributed by atoms with Gasteiger partial charge in [0.25, 0.3) is 5.91 Å². The second kappa shape index (κ2) is 11.6. The van der Waals surface area contributed by atoms with Gasteiger partial charge in [-0.2, -0.15) is 4.31 Å². The maximum absolute atomic E-state index is 13.6. The Kier molecular flexibility index (Phi) is 8.35. The zero-order valence-corrected chi connectivity index (χ0v) is 21.1. The molecule has 0 saturated carbocycles. The summed E-state index contributed by atoms with van der Waals surface area (Å²) in [6.45, 7) is 0.853. The van der Waals surface area contributed by atoms with Gasteiger partial charge in [0.1, 0.15) is 6.04 Å². The summed E-state index contributed by atoms with van der Waals surface area (Å²) in [5.74, 6) is -0.560. The van der Waals surface area contributed by atoms with Gasteiger partial charge in [0.05, 0.1) is 4.90 Å². The molecule has 3 aromatic rings. The fraction of sp³-hybridized carbons (Fsp3) is 0.269. The van der Waals surface area contributed by atoms with Crippen LogP contribution in [0.4, 0.5) is 0 Å². The molecule has 1 aromatic heterocycles. The van der Waals surface area contributed by atoms with Crippen molar-refractivity contribution in [1.29, 1.82) is 0 Å². The van der Waals surface area contributed by atoms with E-state index < -0.39 is 16.1 Å². The van der Waals surface area contributed by atoms with Crippen LogP contribution in [-0.4, -0.2) is 42.1 Å². The molecule has 0 bridgehead atoms. The monoisotopic (exact) mass is 526 g/mol. The molecule has 2 amide bonds. The van der Waals surface area contributed by atoms with Crippen LogP contribution in [0.15, 0.2) is 78.0 Å². The van der Waals surface area contributed by atoms with Crippen molar-refractivity contribution in [2.24, 2.45) is 0 Å². The van der Waals surface area contributed by atoms with Crippen LogP contribution < -0.4 is 10.6 Å². The smallest absolute Gasteiger partial charge is 0.251 e. The molecule has 1 saturated heterocycles. The standard InChI is InChI=1S/C26H27ClN4O4S/c27-22-10-12-23(13-11-22)36(34,35)31(24-5-1-2-15-29-26(24)33)18-19-6-8-21(9-7-19)25(32)30-17-20-4-3-14-28-16-20/h3-4,6-14,16,24H,1-2,5,15,17-18H2,(H,29,33)(H,30,32)/t24-/m1/s1. The highest BCUT2D eigenvalue weighted by Crippen LogP contribution is 2.26. The van der Waals surface area contributed by atoms with Crippen LogP contribution in [0.5, 0.6) is 0 Å². The third kappa shape index (κ3) is 6.29. The number of carbonyl (C=O) groups is 2. The number of sulfonamides is 1. The Labute approximate surface area is 215 Å². The van der Waals surface area contributed by atoms with E-state index >= 15 is 0 Å². The first-order chi connectivity index (χ1) is 17.3. The average molecular weight is 527 g/mol. The molecule has 1 atom stereocenters. The SMILES string of the molecule is O=C(NCc1cccnc1)c1ccc(CN([C@@H]2CCCCNC2=O)S(=O)(=O)c2ccc(Cl)cc2)cc1. The van der Waals surface area contributed by atoms with Crippen molar-refractivity contribution in [2.45, 2.75) is 43.3 Å². The van der Waals surface area contributed by atoms with Crippen molar-refractivity contribution in [3.05, 3.63) is 94.8 Å². The number of carbonyl (C=O) groups excluding carboxylic acids is 2. The molecular weight excluding hydrogens is 500 g/mol. The maximum atomic E-state index is 13.6. The molecule has 2 heterocycles. The zero-order chi connectivity index (χ0) is 25.5. The Morgan fingerprint density at radius 1 is 1.06 bits per heavy atom. The molecule has 36 heavy (non-hydrogen) atoms. The van der Waals surface area contributed by atoms with Crippen molar-refractivity contribution in [3.63, 3.8) is 0 Å². The summed E-state index contributed by atoms with van der Waals surface area (Å²) in [5.41, 5.74) is 1.99. The maximum Gasteiger partial charge on any atom is 0.251 e. The van der Waals surface area contributed by atoms with E-state index in [-0.39, 0.29) is 23.3 Å². The number of amides is 2. The van der Waals surface area contributed by atoms with E-state index in [4.69, 9.17) is 11.6 Å². The lowest BCUT2D eigenvalue weighted by molar-refractivity contribution is -0.124. The van der Waals surface area contributed by atoms with Gasteiger partial charge >= 0.3 is 0 Å². The predicted octanol–water partition coefficient (Wildman–Crippen LogP) is 3.52. The molecule has 1 aliphatic heterocycles. The minimum absolute atomic E-state index is 0.0133. The van der Waals surface area contributed by atoms with E-state index in [1.54, 1.807) is 42.7 Å². The minimum Gasteiger partial charge on any atom is -0.355 e. The van der Waals surface area contributed by atoms with Crippen LogP contribution in [0.2, 0.25) is 5.02 Å². The highest BCUT2D eigenvalue weighted by molar-refractivity contribution is 7.89. The second-order valence-corrected chi connectivity index (χ2v) is 10.9. The van der Waals surface area contributed by atoms with Crippen LogP contribution in [0, 0.1) is 0 Å². The number of halogens is 1. The van der Waals surface area contributed by atoms with Gasteiger partial charge < -0.3 is 10.6 Å². The number of aromatic nitrogens is 1. The average Bonchev–Trinajstić information content (AvgIpc) is 3.11. The molecule has 4 rings (SSSR count). The Bertz CT molecular complexity index is 1300.